The average Bonchev–Trinajstić information content (AvgIpc) is 2.92. The fraction of sp³-hybridized carbons (Fsp3) is 0.452. The molecule has 242 valence electrons. The molecule has 12 nitrogen and oxygen atoms in total. The van der Waals surface area contributed by atoms with E-state index in [-0.39, 0.29) is 36.6 Å². The second-order valence-electron chi connectivity index (χ2n) is 9.41. The van der Waals surface area contributed by atoms with Gasteiger partial charge in [-0.1, -0.05) is 12.1 Å². The summed E-state index contributed by atoms with van der Waals surface area (Å²) in [4.78, 5) is 41.0. The van der Waals surface area contributed by atoms with Crippen LogP contribution >= 0.6 is 24.0 Å². The number of benzene rings is 2. The van der Waals surface area contributed by atoms with Crippen molar-refractivity contribution in [2.75, 3.05) is 20.3 Å². The Hall–Kier alpha value is -3.90. The number of halogens is 1. The highest BCUT2D eigenvalue weighted by atomic mass is 127. The Labute approximate surface area is 274 Å². The van der Waals surface area contributed by atoms with E-state index in [1.165, 1.54) is 13.8 Å². The van der Waals surface area contributed by atoms with Crippen molar-refractivity contribution in [2.24, 2.45) is 0 Å². The van der Waals surface area contributed by atoms with E-state index in [1.54, 1.807) is 13.2 Å². The van der Waals surface area contributed by atoms with E-state index in [2.05, 4.69) is 6.07 Å². The first-order valence-corrected chi connectivity index (χ1v) is 13.5. The molecule has 1 heterocycles. The summed E-state index contributed by atoms with van der Waals surface area (Å²) in [5.74, 6) is -1.16. The van der Waals surface area contributed by atoms with E-state index < -0.39 is 36.2 Å². The van der Waals surface area contributed by atoms with Crippen LogP contribution in [0.15, 0.2) is 36.4 Å². The maximum absolute atomic E-state index is 11.7. The van der Waals surface area contributed by atoms with E-state index in [0.717, 1.165) is 36.3 Å². The van der Waals surface area contributed by atoms with Gasteiger partial charge in [0.05, 0.1) is 37.6 Å². The lowest BCUT2D eigenvalue weighted by molar-refractivity contribution is -0.169. The van der Waals surface area contributed by atoms with Gasteiger partial charge in [0.15, 0.2) is 0 Å². The van der Waals surface area contributed by atoms with Crippen molar-refractivity contribution in [1.82, 2.24) is 0 Å². The monoisotopic (exact) mass is 729 g/mol. The van der Waals surface area contributed by atoms with Crippen LogP contribution in [0.25, 0.3) is 0 Å². The Balaban J connectivity index is 0.00000183. The quantitative estimate of drug-likeness (QED) is 0.259. The van der Waals surface area contributed by atoms with Gasteiger partial charge in [0.1, 0.15) is 24.2 Å². The van der Waals surface area contributed by atoms with Crippen LogP contribution in [0.2, 0.25) is 0 Å². The molecule has 0 saturated carbocycles. The summed E-state index contributed by atoms with van der Waals surface area (Å²) < 4.78 is 28.1. The van der Waals surface area contributed by atoms with Gasteiger partial charge in [-0.25, -0.2) is 0 Å². The molecule has 44 heavy (non-hydrogen) atoms. The first kappa shape index (κ1) is 40.1. The zero-order valence-corrected chi connectivity index (χ0v) is 28.0. The molecule has 0 spiro atoms. The summed E-state index contributed by atoms with van der Waals surface area (Å²) in [5, 5.41) is 24.6. The van der Waals surface area contributed by atoms with E-state index in [4.69, 9.17) is 43.5 Å². The number of hydrogen-bond donors (Lipinski definition) is 2. The molecular weight excluding hydrogens is 689 g/mol. The minimum Gasteiger partial charge on any atom is -0.497 e. The second kappa shape index (κ2) is 20.9. The van der Waals surface area contributed by atoms with Gasteiger partial charge in [-0.3, -0.25) is 19.2 Å². The second-order valence-corrected chi connectivity index (χ2v) is 9.41. The van der Waals surface area contributed by atoms with Crippen molar-refractivity contribution in [2.45, 2.75) is 72.2 Å². The zero-order valence-electron chi connectivity index (χ0n) is 25.7. The van der Waals surface area contributed by atoms with Crippen molar-refractivity contribution in [3.63, 3.8) is 0 Å². The molecule has 1 fully saturated rings. The average molecular weight is 730 g/mol. The number of hydrogen-bond acceptors (Lipinski definition) is 10. The number of carboxylic acid groups (broad SMARTS) is 2. The molecule has 1 saturated heterocycles. The molecule has 0 radical (unpaired) electrons. The molecular formula is C31H40INO11. The molecule has 13 heteroatoms. The van der Waals surface area contributed by atoms with Crippen LogP contribution in [0, 0.1) is 11.3 Å². The van der Waals surface area contributed by atoms with Gasteiger partial charge in [0, 0.05) is 46.1 Å². The van der Waals surface area contributed by atoms with Gasteiger partial charge in [-0.05, 0) is 48.7 Å². The van der Waals surface area contributed by atoms with E-state index in [9.17, 15) is 14.9 Å². The van der Waals surface area contributed by atoms with Crippen molar-refractivity contribution in [1.29, 1.82) is 5.26 Å². The van der Waals surface area contributed by atoms with Crippen molar-refractivity contribution < 1.29 is 53.1 Å². The first-order chi connectivity index (χ1) is 20.3. The normalized spacial score (nSPS) is 16.5. The van der Waals surface area contributed by atoms with Gasteiger partial charge >= 0.3 is 11.9 Å². The number of rotatable bonds is 9. The Morgan fingerprint density at radius 2 is 1.57 bits per heavy atom. The highest BCUT2D eigenvalue weighted by Crippen LogP contribution is 2.39. The lowest BCUT2D eigenvalue weighted by Crippen LogP contribution is -2.37. The first-order valence-electron chi connectivity index (χ1n) is 13.5. The molecule has 3 rings (SSSR count). The number of nitrogens with zero attached hydrogens (tertiary/aromatic N) is 1. The lowest BCUT2D eigenvalue weighted by atomic mass is 9.91. The third kappa shape index (κ3) is 15.5. The molecule has 1 aliphatic heterocycles. The molecule has 3 atom stereocenters. The summed E-state index contributed by atoms with van der Waals surface area (Å²) in [7, 11) is 1.61. The predicted octanol–water partition coefficient (Wildman–Crippen LogP) is 5.07. The van der Waals surface area contributed by atoms with Gasteiger partial charge in [0.25, 0.3) is 11.9 Å². The fourth-order valence-corrected chi connectivity index (χ4v) is 4.21. The number of carbonyl (C=O) groups is 4. The largest absolute Gasteiger partial charge is 0.497 e. The highest BCUT2D eigenvalue weighted by Gasteiger charge is 2.35. The number of methoxy groups -OCH3 is 1. The number of carboxylic acids is 2. The molecule has 0 unspecified atom stereocenters. The molecule has 0 aromatic heterocycles. The lowest BCUT2D eigenvalue weighted by Gasteiger charge is -2.35. The fourth-order valence-electron chi connectivity index (χ4n) is 4.21. The van der Waals surface area contributed by atoms with Crippen LogP contribution in [0.5, 0.6) is 11.5 Å². The number of nitriles is 1. The third-order valence-electron chi connectivity index (χ3n) is 5.72. The summed E-state index contributed by atoms with van der Waals surface area (Å²) in [6.45, 7) is 7.21. The Morgan fingerprint density at radius 3 is 2.05 bits per heavy atom. The van der Waals surface area contributed by atoms with Gasteiger partial charge in [0.2, 0.25) is 0 Å². The molecule has 1 aliphatic rings. The minimum absolute atomic E-state index is 0. The van der Waals surface area contributed by atoms with Gasteiger partial charge in [-0.2, -0.15) is 5.26 Å². The molecule has 2 N–H and O–H groups in total. The smallest absolute Gasteiger partial charge is 0.302 e. The van der Waals surface area contributed by atoms with Crippen LogP contribution in [0.4, 0.5) is 0 Å². The zero-order chi connectivity index (χ0) is 32.5. The number of ether oxygens (including phenoxy) is 5. The van der Waals surface area contributed by atoms with E-state index >= 15 is 0 Å². The van der Waals surface area contributed by atoms with E-state index in [0.29, 0.717) is 37.2 Å². The Kier molecular flexibility index (Phi) is 19.1. The number of esters is 2. The predicted molar refractivity (Wildman–Crippen MR) is 169 cm³/mol. The Bertz CT molecular complexity index is 1250. The van der Waals surface area contributed by atoms with Gasteiger partial charge in [-0.15, -0.1) is 24.0 Å². The summed E-state index contributed by atoms with van der Waals surface area (Å²) in [6, 6.07) is 13.6. The van der Waals surface area contributed by atoms with Crippen LogP contribution in [-0.2, 0) is 39.8 Å². The molecule has 2 aromatic rings. The number of carbonyl (C=O) groups excluding carboxylic acids is 2. The minimum atomic E-state index is -0.833. The van der Waals surface area contributed by atoms with Crippen LogP contribution in [0.3, 0.4) is 0 Å². The maximum atomic E-state index is 11.7. The molecule has 2 aromatic carbocycles. The van der Waals surface area contributed by atoms with Crippen LogP contribution < -0.4 is 9.47 Å². The third-order valence-corrected chi connectivity index (χ3v) is 5.72. The maximum Gasteiger partial charge on any atom is 0.302 e. The summed E-state index contributed by atoms with van der Waals surface area (Å²) in [5.41, 5.74) is 3.12. The SMILES string of the molecule is CC(=O)O.CC(=O)O.CCOc1cc(C#N)c(Cc2ccc(OC)cc2)cc1[C@H]1C[C@@H](OC(C)=O)C[C@@H](COC(C)=O)O1.I. The van der Waals surface area contributed by atoms with Crippen LogP contribution in [0.1, 0.15) is 75.8 Å². The van der Waals surface area contributed by atoms with Crippen molar-refractivity contribution in [3.8, 4) is 17.6 Å². The Morgan fingerprint density at radius 1 is 0.977 bits per heavy atom. The topological polar surface area (TPSA) is 179 Å². The van der Waals surface area contributed by atoms with E-state index in [1.807, 2.05) is 37.3 Å². The van der Waals surface area contributed by atoms with Gasteiger partial charge < -0.3 is 33.9 Å². The number of aliphatic carboxylic acids is 2. The highest BCUT2D eigenvalue weighted by molar-refractivity contribution is 14.0. The molecule has 0 aliphatic carbocycles. The molecule has 0 bridgehead atoms. The standard InChI is InChI=1S/C27H31NO7.2C2H4O2.HI/c1-5-32-26-12-21(15-28)20(10-19-6-8-22(31-4)9-7-19)11-25(26)27-14-23(34-18(3)30)13-24(35-27)16-33-17(2)29;2*1-2(3)4;/h6-9,11-12,23-24,27H,5,10,13-14,16H2,1-4H3;2*1H3,(H,3,4);1H/t23-,24-,27+;;;/m0.../s1. The summed E-state index contributed by atoms with van der Waals surface area (Å²) >= 11 is 0. The van der Waals surface area contributed by atoms with Crippen molar-refractivity contribution in [3.05, 3.63) is 58.7 Å². The van der Waals surface area contributed by atoms with Crippen molar-refractivity contribution >= 4 is 47.9 Å². The summed E-state index contributed by atoms with van der Waals surface area (Å²) in [6.07, 6.45) is 0.0482. The molecule has 0 amide bonds. The van der Waals surface area contributed by atoms with Crippen LogP contribution in [-0.4, -0.2) is 66.6 Å².